The Kier molecular flexibility index (Phi) is 8.33. The van der Waals surface area contributed by atoms with Crippen LogP contribution in [0.2, 0.25) is 0 Å². The van der Waals surface area contributed by atoms with Crippen LogP contribution in [0.1, 0.15) is 24.8 Å². The number of rotatable bonds is 4. The summed E-state index contributed by atoms with van der Waals surface area (Å²) in [6.45, 7) is 4.50. The maximum absolute atomic E-state index is 5.52. The zero-order chi connectivity index (χ0) is 12.5. The molecular weight excluding hydrogens is 258 g/mol. The monoisotopic (exact) mass is 279 g/mol. The molecule has 0 saturated carbocycles. The first-order valence-electron chi connectivity index (χ1n) is 6.75. The Morgan fingerprint density at radius 1 is 1.00 bits per heavy atom. The molecule has 1 heterocycles. The number of ether oxygens (including phenoxy) is 1. The van der Waals surface area contributed by atoms with Gasteiger partial charge in [0, 0.05) is 0 Å². The van der Waals surface area contributed by atoms with Crippen LogP contribution in [-0.2, 0) is 11.3 Å². The summed E-state index contributed by atoms with van der Waals surface area (Å²) in [6.07, 6.45) is 4.03. The largest absolute Gasteiger partial charge is 0.364 e. The van der Waals surface area contributed by atoms with E-state index in [0.29, 0.717) is 13.2 Å². The molecule has 1 aliphatic heterocycles. The van der Waals surface area contributed by atoms with E-state index in [1.54, 1.807) is 0 Å². The van der Waals surface area contributed by atoms with Gasteiger partial charge in [0.15, 0.2) is 0 Å². The minimum Gasteiger partial charge on any atom is -0.364 e. The molecule has 2 nitrogen and oxygen atoms in total. The summed E-state index contributed by atoms with van der Waals surface area (Å²) in [4.78, 5) is 2.42. The Hall–Kier alpha value is -1.01. The van der Waals surface area contributed by atoms with E-state index in [4.69, 9.17) is 4.74 Å². The molecule has 2 rings (SSSR count). The van der Waals surface area contributed by atoms with Gasteiger partial charge in [0.1, 0.15) is 6.61 Å². The minimum atomic E-state index is 0. The smallest absolute Gasteiger partial charge is 0.108 e. The Labute approximate surface area is 122 Å². The van der Waals surface area contributed by atoms with Gasteiger partial charge in [-0.15, -0.1) is 12.4 Å². The molecule has 0 spiro atoms. The molecule has 104 valence electrons. The molecule has 0 radical (unpaired) electrons. The second-order valence-corrected chi connectivity index (χ2v) is 4.67. The molecular formula is C16H22ClNO. The summed E-state index contributed by atoms with van der Waals surface area (Å²) in [7, 11) is 0. The molecule has 1 aromatic carbocycles. The van der Waals surface area contributed by atoms with Gasteiger partial charge < -0.3 is 4.74 Å². The highest BCUT2D eigenvalue weighted by Crippen LogP contribution is 2.07. The summed E-state index contributed by atoms with van der Waals surface area (Å²) in [5.41, 5.74) is 1.20. The highest BCUT2D eigenvalue weighted by atomic mass is 35.5. The van der Waals surface area contributed by atoms with Crippen molar-refractivity contribution < 1.29 is 4.74 Å². The summed E-state index contributed by atoms with van der Waals surface area (Å²) >= 11 is 0. The number of likely N-dealkylation sites (tertiary alicyclic amines) is 1. The number of halogens is 1. The van der Waals surface area contributed by atoms with Crippen LogP contribution in [0, 0.1) is 11.8 Å². The summed E-state index contributed by atoms with van der Waals surface area (Å²) in [5.74, 6) is 6.28. The molecule has 1 aromatic rings. The summed E-state index contributed by atoms with van der Waals surface area (Å²) in [6, 6.07) is 10.2. The van der Waals surface area contributed by atoms with Crippen molar-refractivity contribution in [3.8, 4) is 11.8 Å². The topological polar surface area (TPSA) is 12.5 Å². The van der Waals surface area contributed by atoms with E-state index >= 15 is 0 Å². The van der Waals surface area contributed by atoms with Gasteiger partial charge in [-0.3, -0.25) is 4.90 Å². The van der Waals surface area contributed by atoms with Crippen LogP contribution in [0.5, 0.6) is 0 Å². The first-order chi connectivity index (χ1) is 8.95. The molecule has 0 bridgehead atoms. The molecule has 1 fully saturated rings. The van der Waals surface area contributed by atoms with E-state index in [1.165, 1.54) is 37.9 Å². The van der Waals surface area contributed by atoms with E-state index < -0.39 is 0 Å². The molecule has 0 N–H and O–H groups in total. The van der Waals surface area contributed by atoms with Crippen LogP contribution < -0.4 is 0 Å². The van der Waals surface area contributed by atoms with Gasteiger partial charge >= 0.3 is 0 Å². The Balaban J connectivity index is 0.00000180. The summed E-state index contributed by atoms with van der Waals surface area (Å²) < 4.78 is 5.52. The first-order valence-corrected chi connectivity index (χ1v) is 6.75. The van der Waals surface area contributed by atoms with Gasteiger partial charge in [-0.25, -0.2) is 0 Å². The predicted molar refractivity (Wildman–Crippen MR) is 81.4 cm³/mol. The fraction of sp³-hybridized carbons (Fsp3) is 0.500. The van der Waals surface area contributed by atoms with E-state index in [0.717, 1.165) is 6.54 Å². The third-order valence-corrected chi connectivity index (χ3v) is 3.16. The van der Waals surface area contributed by atoms with Crippen LogP contribution in [0.3, 0.4) is 0 Å². The van der Waals surface area contributed by atoms with Crippen molar-refractivity contribution in [2.24, 2.45) is 0 Å². The number of hydrogen-bond donors (Lipinski definition) is 0. The maximum atomic E-state index is 5.52. The molecule has 0 unspecified atom stereocenters. The Morgan fingerprint density at radius 2 is 1.74 bits per heavy atom. The molecule has 0 aromatic heterocycles. The van der Waals surface area contributed by atoms with Crippen molar-refractivity contribution >= 4 is 12.4 Å². The number of benzene rings is 1. The van der Waals surface area contributed by atoms with Crippen molar-refractivity contribution in [3.05, 3.63) is 35.9 Å². The van der Waals surface area contributed by atoms with Crippen LogP contribution in [0.15, 0.2) is 30.3 Å². The Morgan fingerprint density at radius 3 is 2.47 bits per heavy atom. The lowest BCUT2D eigenvalue weighted by molar-refractivity contribution is 0.153. The predicted octanol–water partition coefficient (Wildman–Crippen LogP) is 3.11. The lowest BCUT2D eigenvalue weighted by atomic mass is 10.1. The van der Waals surface area contributed by atoms with Gasteiger partial charge in [-0.05, 0) is 31.5 Å². The molecule has 1 saturated heterocycles. The van der Waals surface area contributed by atoms with Crippen LogP contribution in [0.4, 0.5) is 0 Å². The third kappa shape index (κ3) is 6.63. The van der Waals surface area contributed by atoms with Gasteiger partial charge in [-0.2, -0.15) is 0 Å². The van der Waals surface area contributed by atoms with Crippen LogP contribution in [-0.4, -0.2) is 31.1 Å². The number of hydrogen-bond acceptors (Lipinski definition) is 2. The summed E-state index contributed by atoms with van der Waals surface area (Å²) in [5, 5.41) is 0. The lowest BCUT2D eigenvalue weighted by Gasteiger charge is -2.23. The zero-order valence-corrected chi connectivity index (χ0v) is 12.1. The van der Waals surface area contributed by atoms with E-state index in [1.807, 2.05) is 18.2 Å². The molecule has 19 heavy (non-hydrogen) atoms. The fourth-order valence-electron chi connectivity index (χ4n) is 2.13. The molecule has 0 aliphatic carbocycles. The van der Waals surface area contributed by atoms with E-state index in [2.05, 4.69) is 28.9 Å². The normalized spacial score (nSPS) is 15.2. The maximum Gasteiger partial charge on any atom is 0.108 e. The second-order valence-electron chi connectivity index (χ2n) is 4.67. The van der Waals surface area contributed by atoms with Crippen LogP contribution >= 0.6 is 12.4 Å². The minimum absolute atomic E-state index is 0. The lowest BCUT2D eigenvalue weighted by Crippen LogP contribution is -2.29. The fourth-order valence-corrected chi connectivity index (χ4v) is 2.13. The molecule has 0 amide bonds. The molecule has 0 atom stereocenters. The van der Waals surface area contributed by atoms with Crippen molar-refractivity contribution in [2.45, 2.75) is 25.9 Å². The number of piperidine rings is 1. The van der Waals surface area contributed by atoms with Gasteiger partial charge in [-0.1, -0.05) is 48.6 Å². The zero-order valence-electron chi connectivity index (χ0n) is 11.3. The van der Waals surface area contributed by atoms with Crippen molar-refractivity contribution in [2.75, 3.05) is 26.2 Å². The Bertz CT molecular complexity index is 390. The standard InChI is InChI=1S/C16H21NO.ClH/c1-3-9-16(10-4-1)15-18-14-8-7-13-17-11-5-2-6-12-17;/h1,3-4,9-10H,2,5-6,11-15H2;1H. The SMILES string of the molecule is C(#CCN1CCCCC1)COCc1ccccc1.Cl. The molecule has 3 heteroatoms. The van der Waals surface area contributed by atoms with E-state index in [-0.39, 0.29) is 12.4 Å². The van der Waals surface area contributed by atoms with Crippen molar-refractivity contribution in [1.82, 2.24) is 4.90 Å². The average molecular weight is 280 g/mol. The second kappa shape index (κ2) is 9.86. The van der Waals surface area contributed by atoms with Gasteiger partial charge in [0.05, 0.1) is 13.2 Å². The molecule has 1 aliphatic rings. The third-order valence-electron chi connectivity index (χ3n) is 3.16. The van der Waals surface area contributed by atoms with Gasteiger partial charge in [0.25, 0.3) is 0 Å². The van der Waals surface area contributed by atoms with Crippen LogP contribution in [0.25, 0.3) is 0 Å². The van der Waals surface area contributed by atoms with Crippen molar-refractivity contribution in [3.63, 3.8) is 0 Å². The first kappa shape index (κ1) is 16.0. The van der Waals surface area contributed by atoms with E-state index in [9.17, 15) is 0 Å². The quantitative estimate of drug-likeness (QED) is 0.620. The average Bonchev–Trinajstić information content (AvgIpc) is 2.45. The van der Waals surface area contributed by atoms with Crippen molar-refractivity contribution in [1.29, 1.82) is 0 Å². The highest BCUT2D eigenvalue weighted by molar-refractivity contribution is 5.85. The van der Waals surface area contributed by atoms with Gasteiger partial charge in [0.2, 0.25) is 0 Å². The number of nitrogens with zero attached hydrogens (tertiary/aromatic N) is 1. The highest BCUT2D eigenvalue weighted by Gasteiger charge is 2.07.